The molecule has 0 spiro atoms. The zero-order valence-corrected chi connectivity index (χ0v) is 10.9. The van der Waals surface area contributed by atoms with E-state index in [0.29, 0.717) is 6.54 Å². The summed E-state index contributed by atoms with van der Waals surface area (Å²) in [6.45, 7) is 2.59. The Morgan fingerprint density at radius 3 is 2.82 bits per heavy atom. The van der Waals surface area contributed by atoms with Crippen molar-refractivity contribution in [2.75, 3.05) is 32.6 Å². The Hall–Kier alpha value is -1.55. The van der Waals surface area contributed by atoms with Crippen LogP contribution >= 0.6 is 0 Å². The molecule has 94 valence electrons. The molecule has 0 aliphatic heterocycles. The molecule has 0 bridgehead atoms. The molecule has 0 aliphatic carbocycles. The van der Waals surface area contributed by atoms with E-state index in [1.165, 1.54) is 0 Å². The van der Waals surface area contributed by atoms with Gasteiger partial charge in [-0.3, -0.25) is 4.79 Å². The predicted molar refractivity (Wildman–Crippen MR) is 69.5 cm³/mol. The standard InChI is InChI=1S/C13H20N2O2/c1-10(9-14-2)13(16)15(3)11-6-5-7-12(8-11)17-4/h5-8,10,14H,9H2,1-4H3. The number of methoxy groups -OCH3 is 1. The average molecular weight is 236 g/mol. The van der Waals surface area contributed by atoms with Gasteiger partial charge in [0.1, 0.15) is 5.75 Å². The van der Waals surface area contributed by atoms with E-state index in [1.54, 1.807) is 19.1 Å². The molecule has 0 fully saturated rings. The first-order valence-electron chi connectivity index (χ1n) is 5.66. The number of carbonyl (C=O) groups is 1. The number of rotatable bonds is 5. The highest BCUT2D eigenvalue weighted by molar-refractivity contribution is 5.94. The quantitative estimate of drug-likeness (QED) is 0.842. The molecule has 0 saturated carbocycles. The molecule has 1 unspecified atom stereocenters. The van der Waals surface area contributed by atoms with Crippen LogP contribution in [0.4, 0.5) is 5.69 Å². The molecule has 4 nitrogen and oxygen atoms in total. The smallest absolute Gasteiger partial charge is 0.230 e. The lowest BCUT2D eigenvalue weighted by atomic mass is 10.1. The van der Waals surface area contributed by atoms with Crippen molar-refractivity contribution in [2.45, 2.75) is 6.92 Å². The minimum absolute atomic E-state index is 0.0452. The molecule has 1 aromatic carbocycles. The van der Waals surface area contributed by atoms with Gasteiger partial charge in [0.25, 0.3) is 0 Å². The van der Waals surface area contributed by atoms with E-state index in [2.05, 4.69) is 5.32 Å². The molecule has 1 N–H and O–H groups in total. The first-order chi connectivity index (χ1) is 8.10. The maximum Gasteiger partial charge on any atom is 0.230 e. The molecule has 0 aromatic heterocycles. The van der Waals surface area contributed by atoms with Crippen molar-refractivity contribution in [1.29, 1.82) is 0 Å². The van der Waals surface area contributed by atoms with Crippen LogP contribution in [0.5, 0.6) is 5.75 Å². The van der Waals surface area contributed by atoms with Crippen molar-refractivity contribution >= 4 is 11.6 Å². The summed E-state index contributed by atoms with van der Waals surface area (Å²) in [5.74, 6) is 0.798. The van der Waals surface area contributed by atoms with E-state index in [1.807, 2.05) is 38.2 Å². The van der Waals surface area contributed by atoms with Gasteiger partial charge in [0, 0.05) is 31.3 Å². The first kappa shape index (κ1) is 13.5. The van der Waals surface area contributed by atoms with Gasteiger partial charge in [-0.2, -0.15) is 0 Å². The summed E-state index contributed by atoms with van der Waals surface area (Å²) < 4.78 is 5.14. The molecular formula is C13H20N2O2. The van der Waals surface area contributed by atoms with Crippen molar-refractivity contribution in [3.8, 4) is 5.75 Å². The molecule has 17 heavy (non-hydrogen) atoms. The van der Waals surface area contributed by atoms with Crippen molar-refractivity contribution in [1.82, 2.24) is 5.32 Å². The zero-order valence-electron chi connectivity index (χ0n) is 10.9. The summed E-state index contributed by atoms with van der Waals surface area (Å²) in [5.41, 5.74) is 0.845. The molecular weight excluding hydrogens is 216 g/mol. The molecule has 1 amide bonds. The summed E-state index contributed by atoms with van der Waals surface area (Å²) in [4.78, 5) is 13.7. The number of nitrogens with zero attached hydrogens (tertiary/aromatic N) is 1. The summed E-state index contributed by atoms with van der Waals surface area (Å²) in [7, 11) is 5.24. The van der Waals surface area contributed by atoms with Gasteiger partial charge in [0.15, 0.2) is 0 Å². The lowest BCUT2D eigenvalue weighted by Crippen LogP contribution is -2.35. The van der Waals surface area contributed by atoms with Gasteiger partial charge in [-0.25, -0.2) is 0 Å². The van der Waals surface area contributed by atoms with Gasteiger partial charge >= 0.3 is 0 Å². The minimum Gasteiger partial charge on any atom is -0.497 e. The Bertz CT molecular complexity index is 379. The number of amides is 1. The van der Waals surface area contributed by atoms with Gasteiger partial charge in [0.05, 0.1) is 7.11 Å². The summed E-state index contributed by atoms with van der Waals surface area (Å²) >= 11 is 0. The lowest BCUT2D eigenvalue weighted by molar-refractivity contribution is -0.121. The van der Waals surface area contributed by atoms with Crippen molar-refractivity contribution < 1.29 is 9.53 Å². The van der Waals surface area contributed by atoms with Gasteiger partial charge < -0.3 is 15.0 Å². The van der Waals surface area contributed by atoms with Crippen LogP contribution in [-0.2, 0) is 4.79 Å². The molecule has 0 heterocycles. The van der Waals surface area contributed by atoms with Crippen LogP contribution in [0.3, 0.4) is 0 Å². The van der Waals surface area contributed by atoms with Crippen molar-refractivity contribution in [3.05, 3.63) is 24.3 Å². The van der Waals surface area contributed by atoms with E-state index in [0.717, 1.165) is 11.4 Å². The molecule has 1 atom stereocenters. The summed E-state index contributed by atoms with van der Waals surface area (Å²) in [6.07, 6.45) is 0. The van der Waals surface area contributed by atoms with Gasteiger partial charge in [-0.1, -0.05) is 13.0 Å². The zero-order chi connectivity index (χ0) is 12.8. The third-order valence-electron chi connectivity index (χ3n) is 2.70. The number of hydrogen-bond acceptors (Lipinski definition) is 3. The second-order valence-corrected chi connectivity index (χ2v) is 4.06. The van der Waals surface area contributed by atoms with Crippen LogP contribution in [0, 0.1) is 5.92 Å². The van der Waals surface area contributed by atoms with Crippen LogP contribution in [0.15, 0.2) is 24.3 Å². The van der Waals surface area contributed by atoms with Crippen LogP contribution in [0.25, 0.3) is 0 Å². The molecule has 1 rings (SSSR count). The topological polar surface area (TPSA) is 41.6 Å². The molecule has 4 heteroatoms. The second-order valence-electron chi connectivity index (χ2n) is 4.06. The van der Waals surface area contributed by atoms with E-state index < -0.39 is 0 Å². The summed E-state index contributed by atoms with van der Waals surface area (Å²) in [6, 6.07) is 7.48. The van der Waals surface area contributed by atoms with Crippen LogP contribution < -0.4 is 15.0 Å². The van der Waals surface area contributed by atoms with E-state index in [-0.39, 0.29) is 11.8 Å². The molecule has 0 aliphatic rings. The third kappa shape index (κ3) is 3.46. The fourth-order valence-corrected chi connectivity index (χ4v) is 1.67. The van der Waals surface area contributed by atoms with Crippen LogP contribution in [-0.4, -0.2) is 33.7 Å². The highest BCUT2D eigenvalue weighted by Gasteiger charge is 2.18. The van der Waals surface area contributed by atoms with Crippen molar-refractivity contribution in [2.24, 2.45) is 5.92 Å². The third-order valence-corrected chi connectivity index (χ3v) is 2.70. The molecule has 0 saturated heterocycles. The molecule has 1 aromatic rings. The van der Waals surface area contributed by atoms with E-state index >= 15 is 0 Å². The number of hydrogen-bond donors (Lipinski definition) is 1. The number of benzene rings is 1. The lowest BCUT2D eigenvalue weighted by Gasteiger charge is -2.21. The highest BCUT2D eigenvalue weighted by Crippen LogP contribution is 2.21. The normalized spacial score (nSPS) is 12.0. The first-order valence-corrected chi connectivity index (χ1v) is 5.66. The fraction of sp³-hybridized carbons (Fsp3) is 0.462. The second kappa shape index (κ2) is 6.25. The largest absolute Gasteiger partial charge is 0.497 e. The van der Waals surface area contributed by atoms with Crippen LogP contribution in [0.1, 0.15) is 6.92 Å². The monoisotopic (exact) mass is 236 g/mol. The summed E-state index contributed by atoms with van der Waals surface area (Å²) in [5, 5.41) is 3.01. The number of nitrogens with one attached hydrogen (secondary N) is 1. The Morgan fingerprint density at radius 2 is 2.24 bits per heavy atom. The average Bonchev–Trinajstić information content (AvgIpc) is 2.37. The maximum absolute atomic E-state index is 12.1. The Balaban J connectivity index is 2.80. The van der Waals surface area contributed by atoms with Gasteiger partial charge in [0.2, 0.25) is 5.91 Å². The highest BCUT2D eigenvalue weighted by atomic mass is 16.5. The predicted octanol–water partition coefficient (Wildman–Crippen LogP) is 1.51. The molecule has 0 radical (unpaired) electrons. The minimum atomic E-state index is -0.0452. The van der Waals surface area contributed by atoms with E-state index in [4.69, 9.17) is 4.74 Å². The fourth-order valence-electron chi connectivity index (χ4n) is 1.67. The van der Waals surface area contributed by atoms with Crippen molar-refractivity contribution in [3.63, 3.8) is 0 Å². The number of carbonyl (C=O) groups excluding carboxylic acids is 1. The van der Waals surface area contributed by atoms with Gasteiger partial charge in [-0.15, -0.1) is 0 Å². The van der Waals surface area contributed by atoms with Crippen LogP contribution in [0.2, 0.25) is 0 Å². The van der Waals surface area contributed by atoms with Gasteiger partial charge in [-0.05, 0) is 19.2 Å². The van der Waals surface area contributed by atoms with E-state index in [9.17, 15) is 4.79 Å². The maximum atomic E-state index is 12.1. The number of anilines is 1. The number of ether oxygens (including phenoxy) is 1. The SMILES string of the molecule is CNCC(C)C(=O)N(C)c1cccc(OC)c1. The Labute approximate surface area is 103 Å². The Morgan fingerprint density at radius 1 is 1.53 bits per heavy atom. The Kier molecular flexibility index (Phi) is 4.97.